The topological polar surface area (TPSA) is 70.2 Å². The fourth-order valence-electron chi connectivity index (χ4n) is 4.16. The minimum atomic E-state index is 0.000803. The van der Waals surface area contributed by atoms with Gasteiger partial charge in [-0.15, -0.1) is 0 Å². The van der Waals surface area contributed by atoms with E-state index >= 15 is 0 Å². The summed E-state index contributed by atoms with van der Waals surface area (Å²) in [6, 6.07) is 13.7. The smallest absolute Gasteiger partial charge is 0.225 e. The van der Waals surface area contributed by atoms with E-state index in [0.29, 0.717) is 22.5 Å². The Bertz CT molecular complexity index is 1110. The van der Waals surface area contributed by atoms with Crippen molar-refractivity contribution in [2.75, 3.05) is 24.3 Å². The Labute approximate surface area is 198 Å². The Hall–Kier alpha value is -2.57. The molecule has 1 aliphatic carbocycles. The van der Waals surface area contributed by atoms with Crippen molar-refractivity contribution in [3.05, 3.63) is 58.1 Å². The summed E-state index contributed by atoms with van der Waals surface area (Å²) in [5.74, 6) is 1.60. The number of nitrogens with one attached hydrogen (secondary N) is 2. The lowest BCUT2D eigenvalue weighted by Crippen LogP contribution is -2.36. The van der Waals surface area contributed by atoms with Crippen LogP contribution in [0.3, 0.4) is 0 Å². The van der Waals surface area contributed by atoms with E-state index in [1.165, 1.54) is 0 Å². The van der Waals surface area contributed by atoms with Gasteiger partial charge in [-0.3, -0.25) is 4.79 Å². The monoisotopic (exact) mass is 471 g/mol. The third-order valence-corrected chi connectivity index (χ3v) is 6.78. The lowest BCUT2D eigenvalue weighted by molar-refractivity contribution is -0.126. The molecule has 1 aromatic heterocycles. The Balaban J connectivity index is 1.34. The molecule has 3 aromatic rings. The highest BCUT2D eigenvalue weighted by Gasteiger charge is 2.27. The zero-order chi connectivity index (χ0) is 22.7. The van der Waals surface area contributed by atoms with Gasteiger partial charge in [0, 0.05) is 38.0 Å². The molecular formula is C24H27Cl2N5O. The van der Waals surface area contributed by atoms with Crippen LogP contribution in [0.1, 0.15) is 31.2 Å². The molecule has 168 valence electrons. The van der Waals surface area contributed by atoms with Crippen molar-refractivity contribution < 1.29 is 4.79 Å². The maximum Gasteiger partial charge on any atom is 0.225 e. The number of nitrogens with zero attached hydrogens (tertiary/aromatic N) is 3. The first-order chi connectivity index (χ1) is 15.4. The minimum absolute atomic E-state index is 0.000803. The number of amides is 1. The van der Waals surface area contributed by atoms with Gasteiger partial charge in [0.2, 0.25) is 11.9 Å². The number of aromatic nitrogens is 2. The standard InChI is InChI=1S/C24H27Cl2N5O/c1-31(2)22-18-7-3-4-9-20(18)29-24(30-22)28-17-12-10-15(11-13-17)23(32)27-14-16-6-5-8-19(25)21(16)26/h3-9,15,17H,10-14H2,1-2H3,(H,27,32)(H,28,29,30)/t15-,17+. The van der Waals surface area contributed by atoms with Gasteiger partial charge in [-0.05, 0) is 49.4 Å². The van der Waals surface area contributed by atoms with E-state index in [0.717, 1.165) is 48.0 Å². The molecule has 2 aromatic carbocycles. The maximum atomic E-state index is 12.7. The molecule has 0 bridgehead atoms. The highest BCUT2D eigenvalue weighted by Crippen LogP contribution is 2.29. The van der Waals surface area contributed by atoms with Crippen molar-refractivity contribution >= 4 is 51.8 Å². The molecule has 1 amide bonds. The number of anilines is 2. The fourth-order valence-corrected chi connectivity index (χ4v) is 4.55. The maximum absolute atomic E-state index is 12.7. The van der Waals surface area contributed by atoms with E-state index in [1.54, 1.807) is 6.07 Å². The van der Waals surface area contributed by atoms with Crippen LogP contribution in [0, 0.1) is 5.92 Å². The van der Waals surface area contributed by atoms with Gasteiger partial charge < -0.3 is 15.5 Å². The summed E-state index contributed by atoms with van der Waals surface area (Å²) in [5, 5.41) is 8.52. The number of fused-ring (bicyclic) bond motifs is 1. The number of hydrogen-bond donors (Lipinski definition) is 2. The third-order valence-electron chi connectivity index (χ3n) is 5.92. The second kappa shape index (κ2) is 9.92. The molecule has 4 rings (SSSR count). The lowest BCUT2D eigenvalue weighted by atomic mass is 9.85. The Morgan fingerprint density at radius 3 is 2.53 bits per heavy atom. The predicted octanol–water partition coefficient (Wildman–Crippen LogP) is 5.29. The summed E-state index contributed by atoms with van der Waals surface area (Å²) in [7, 11) is 3.97. The number of halogens is 2. The molecule has 1 saturated carbocycles. The van der Waals surface area contributed by atoms with Crippen molar-refractivity contribution in [1.29, 1.82) is 0 Å². The van der Waals surface area contributed by atoms with Crippen molar-refractivity contribution in [2.24, 2.45) is 5.92 Å². The molecule has 2 N–H and O–H groups in total. The van der Waals surface area contributed by atoms with Crippen LogP contribution in [0.5, 0.6) is 0 Å². The van der Waals surface area contributed by atoms with Gasteiger partial charge in [0.1, 0.15) is 5.82 Å². The van der Waals surface area contributed by atoms with E-state index in [2.05, 4.69) is 10.6 Å². The summed E-state index contributed by atoms with van der Waals surface area (Å²) in [4.78, 5) is 24.1. The zero-order valence-electron chi connectivity index (χ0n) is 18.2. The summed E-state index contributed by atoms with van der Waals surface area (Å²) in [5.41, 5.74) is 1.74. The molecule has 8 heteroatoms. The molecule has 1 fully saturated rings. The fraction of sp³-hybridized carbons (Fsp3) is 0.375. The Morgan fingerprint density at radius 2 is 1.78 bits per heavy atom. The molecule has 0 atom stereocenters. The van der Waals surface area contributed by atoms with E-state index in [-0.39, 0.29) is 17.9 Å². The van der Waals surface area contributed by atoms with Crippen LogP contribution < -0.4 is 15.5 Å². The number of benzene rings is 2. The van der Waals surface area contributed by atoms with Crippen molar-refractivity contribution in [3.8, 4) is 0 Å². The predicted molar refractivity (Wildman–Crippen MR) is 132 cm³/mol. The van der Waals surface area contributed by atoms with Crippen molar-refractivity contribution in [2.45, 2.75) is 38.3 Å². The summed E-state index contributed by atoms with van der Waals surface area (Å²) < 4.78 is 0. The molecule has 32 heavy (non-hydrogen) atoms. The molecule has 6 nitrogen and oxygen atoms in total. The minimum Gasteiger partial charge on any atom is -0.362 e. The number of para-hydroxylation sites is 1. The van der Waals surface area contributed by atoms with Crippen molar-refractivity contribution in [3.63, 3.8) is 0 Å². The van der Waals surface area contributed by atoms with Gasteiger partial charge in [0.15, 0.2) is 0 Å². The van der Waals surface area contributed by atoms with Gasteiger partial charge in [-0.1, -0.05) is 47.5 Å². The van der Waals surface area contributed by atoms with E-state index in [1.807, 2.05) is 55.4 Å². The number of carbonyl (C=O) groups excluding carboxylic acids is 1. The quantitative estimate of drug-likeness (QED) is 0.510. The van der Waals surface area contributed by atoms with Crippen LogP contribution in [0.25, 0.3) is 10.9 Å². The lowest BCUT2D eigenvalue weighted by Gasteiger charge is -2.28. The van der Waals surface area contributed by atoms with Crippen LogP contribution in [-0.4, -0.2) is 36.0 Å². The largest absolute Gasteiger partial charge is 0.362 e. The van der Waals surface area contributed by atoms with Gasteiger partial charge in [0.05, 0.1) is 15.6 Å². The average Bonchev–Trinajstić information content (AvgIpc) is 2.79. The SMILES string of the molecule is CN(C)c1nc(N[C@H]2CC[C@@H](C(=O)NCc3cccc(Cl)c3Cl)CC2)nc2ccccc12. The highest BCUT2D eigenvalue weighted by atomic mass is 35.5. The molecule has 0 spiro atoms. The molecule has 1 heterocycles. The Kier molecular flexibility index (Phi) is 7.01. The van der Waals surface area contributed by atoms with E-state index in [4.69, 9.17) is 33.2 Å². The van der Waals surface area contributed by atoms with Gasteiger partial charge in [-0.2, -0.15) is 4.98 Å². The number of hydrogen-bond acceptors (Lipinski definition) is 5. The number of carbonyl (C=O) groups is 1. The first-order valence-corrected chi connectivity index (χ1v) is 11.6. The van der Waals surface area contributed by atoms with Gasteiger partial charge in [-0.25, -0.2) is 4.98 Å². The molecule has 0 aliphatic heterocycles. The first kappa shape index (κ1) is 22.6. The summed E-state index contributed by atoms with van der Waals surface area (Å²) >= 11 is 12.3. The van der Waals surface area contributed by atoms with Gasteiger partial charge in [0.25, 0.3) is 0 Å². The molecule has 0 saturated heterocycles. The van der Waals surface area contributed by atoms with E-state index in [9.17, 15) is 4.79 Å². The van der Waals surface area contributed by atoms with Crippen molar-refractivity contribution in [1.82, 2.24) is 15.3 Å². The molecule has 0 unspecified atom stereocenters. The summed E-state index contributed by atoms with van der Waals surface area (Å²) in [6.07, 6.45) is 3.43. The van der Waals surface area contributed by atoms with Crippen LogP contribution in [-0.2, 0) is 11.3 Å². The zero-order valence-corrected chi connectivity index (χ0v) is 19.7. The molecule has 0 radical (unpaired) electrons. The summed E-state index contributed by atoms with van der Waals surface area (Å²) in [6.45, 7) is 0.384. The third kappa shape index (κ3) is 5.08. The second-order valence-corrected chi connectivity index (χ2v) is 9.19. The van der Waals surface area contributed by atoms with Gasteiger partial charge >= 0.3 is 0 Å². The first-order valence-electron chi connectivity index (χ1n) is 10.8. The van der Waals surface area contributed by atoms with Crippen LogP contribution in [0.15, 0.2) is 42.5 Å². The normalized spacial score (nSPS) is 18.4. The highest BCUT2D eigenvalue weighted by molar-refractivity contribution is 6.42. The second-order valence-electron chi connectivity index (χ2n) is 8.41. The number of rotatable bonds is 6. The molecular weight excluding hydrogens is 445 g/mol. The average molecular weight is 472 g/mol. The van der Waals surface area contributed by atoms with Crippen LogP contribution in [0.2, 0.25) is 10.0 Å². The van der Waals surface area contributed by atoms with E-state index < -0.39 is 0 Å². The van der Waals surface area contributed by atoms with Crippen LogP contribution in [0.4, 0.5) is 11.8 Å². The Morgan fingerprint density at radius 1 is 1.03 bits per heavy atom. The molecule has 1 aliphatic rings. The van der Waals surface area contributed by atoms with Crippen LogP contribution >= 0.6 is 23.2 Å².